The van der Waals surface area contributed by atoms with Gasteiger partial charge in [0.2, 0.25) is 0 Å². The van der Waals surface area contributed by atoms with Crippen molar-refractivity contribution < 1.29 is 14.2 Å². The van der Waals surface area contributed by atoms with Gasteiger partial charge in [-0.25, -0.2) is 0 Å². The average molecular weight is 424 g/mol. The highest BCUT2D eigenvalue weighted by Crippen LogP contribution is 2.28. The minimum absolute atomic E-state index is 0.0369. The van der Waals surface area contributed by atoms with Gasteiger partial charge in [0.05, 0.1) is 29.5 Å². The molecule has 0 N–H and O–H groups in total. The Labute approximate surface area is 179 Å². The second-order valence-corrected chi connectivity index (χ2v) is 7.53. The van der Waals surface area contributed by atoms with Gasteiger partial charge in [0, 0.05) is 7.11 Å². The third-order valence-corrected chi connectivity index (χ3v) is 5.45. The Morgan fingerprint density at radius 2 is 1.83 bits per heavy atom. The lowest BCUT2D eigenvalue weighted by Gasteiger charge is -2.09. The van der Waals surface area contributed by atoms with Crippen molar-refractivity contribution in [3.05, 3.63) is 91.9 Å². The topological polar surface area (TPSA) is 49.7 Å². The molecule has 0 aliphatic heterocycles. The van der Waals surface area contributed by atoms with E-state index < -0.39 is 0 Å². The molecule has 30 heavy (non-hydrogen) atoms. The van der Waals surface area contributed by atoms with Gasteiger partial charge in [0.15, 0.2) is 11.5 Å². The van der Waals surface area contributed by atoms with Crippen molar-refractivity contribution in [2.45, 2.75) is 6.54 Å². The van der Waals surface area contributed by atoms with Crippen LogP contribution in [0.4, 0.5) is 0 Å². The summed E-state index contributed by atoms with van der Waals surface area (Å²) >= 11 is 1.46. The zero-order valence-electron chi connectivity index (χ0n) is 17.2. The van der Waals surface area contributed by atoms with Crippen LogP contribution in [-0.2, 0) is 11.3 Å². The number of thiazole rings is 1. The Balaban J connectivity index is 2.07. The van der Waals surface area contributed by atoms with Gasteiger partial charge in [0.25, 0.3) is 5.56 Å². The summed E-state index contributed by atoms with van der Waals surface area (Å²) in [5, 5.41) is 0. The van der Waals surface area contributed by atoms with Crippen LogP contribution in [0.3, 0.4) is 0 Å². The molecule has 0 spiro atoms. The van der Waals surface area contributed by atoms with Gasteiger partial charge in [0.1, 0.15) is 6.61 Å². The Bertz CT molecular complexity index is 1160. The molecule has 3 aromatic rings. The molecule has 0 saturated carbocycles. The van der Waals surface area contributed by atoms with Crippen LogP contribution in [-0.4, -0.2) is 32.0 Å². The van der Waals surface area contributed by atoms with Crippen LogP contribution in [0.25, 0.3) is 12.2 Å². The molecule has 0 aliphatic rings. The Hall–Kier alpha value is -3.09. The van der Waals surface area contributed by atoms with Crippen LogP contribution in [0.2, 0.25) is 0 Å². The molecule has 0 radical (unpaired) electrons. The molecule has 156 valence electrons. The maximum atomic E-state index is 13.1. The van der Waals surface area contributed by atoms with Crippen LogP contribution in [0.15, 0.2) is 66.0 Å². The van der Waals surface area contributed by atoms with Gasteiger partial charge in [-0.3, -0.25) is 9.36 Å². The maximum absolute atomic E-state index is 13.1. The van der Waals surface area contributed by atoms with E-state index in [2.05, 4.69) is 6.58 Å². The number of aromatic nitrogens is 1. The van der Waals surface area contributed by atoms with Crippen molar-refractivity contribution in [3.63, 3.8) is 0 Å². The fourth-order valence-corrected chi connectivity index (χ4v) is 4.02. The highest BCUT2D eigenvalue weighted by Gasteiger charge is 2.07. The van der Waals surface area contributed by atoms with E-state index in [-0.39, 0.29) is 5.56 Å². The molecule has 2 aromatic carbocycles. The van der Waals surface area contributed by atoms with Crippen LogP contribution >= 0.6 is 11.3 Å². The summed E-state index contributed by atoms with van der Waals surface area (Å²) in [5.41, 5.74) is 1.87. The monoisotopic (exact) mass is 423 g/mol. The van der Waals surface area contributed by atoms with Crippen molar-refractivity contribution in [3.8, 4) is 11.5 Å². The van der Waals surface area contributed by atoms with E-state index in [4.69, 9.17) is 14.2 Å². The first-order valence-corrected chi connectivity index (χ1v) is 10.4. The third-order valence-electron chi connectivity index (χ3n) is 4.39. The molecule has 0 bridgehead atoms. The summed E-state index contributed by atoms with van der Waals surface area (Å²) in [6.45, 7) is 5.02. The number of hydrogen-bond acceptors (Lipinski definition) is 5. The molecule has 5 nitrogen and oxygen atoms in total. The van der Waals surface area contributed by atoms with E-state index in [1.807, 2.05) is 60.7 Å². The van der Waals surface area contributed by atoms with Crippen molar-refractivity contribution in [1.82, 2.24) is 4.57 Å². The lowest BCUT2D eigenvalue weighted by atomic mass is 10.2. The van der Waals surface area contributed by atoms with Crippen LogP contribution in [0, 0.1) is 0 Å². The lowest BCUT2D eigenvalue weighted by molar-refractivity contribution is 0.186. The summed E-state index contributed by atoms with van der Waals surface area (Å²) in [6, 6.07) is 15.6. The second kappa shape index (κ2) is 10.6. The number of rotatable bonds is 9. The predicted octanol–water partition coefficient (Wildman–Crippen LogP) is 2.79. The summed E-state index contributed by atoms with van der Waals surface area (Å²) in [4.78, 5) is 13.1. The van der Waals surface area contributed by atoms with Crippen LogP contribution in [0.1, 0.15) is 11.1 Å². The molecule has 0 saturated heterocycles. The highest BCUT2D eigenvalue weighted by molar-refractivity contribution is 7.07. The van der Waals surface area contributed by atoms with E-state index >= 15 is 0 Å². The molecule has 0 fully saturated rings. The lowest BCUT2D eigenvalue weighted by Crippen LogP contribution is -2.32. The van der Waals surface area contributed by atoms with Crippen molar-refractivity contribution in [1.29, 1.82) is 0 Å². The third kappa shape index (κ3) is 5.28. The summed E-state index contributed by atoms with van der Waals surface area (Å²) in [7, 11) is 3.23. The van der Waals surface area contributed by atoms with Crippen LogP contribution < -0.4 is 24.2 Å². The van der Waals surface area contributed by atoms with Gasteiger partial charge in [-0.05, 0) is 35.4 Å². The number of benzene rings is 2. The van der Waals surface area contributed by atoms with E-state index in [0.717, 1.165) is 15.8 Å². The van der Waals surface area contributed by atoms with Gasteiger partial charge in [-0.2, -0.15) is 0 Å². The number of nitrogens with zero attached hydrogens (tertiary/aromatic N) is 1. The van der Waals surface area contributed by atoms with E-state index in [1.54, 1.807) is 24.9 Å². The molecule has 0 atom stereocenters. The second-order valence-electron chi connectivity index (χ2n) is 6.46. The zero-order chi connectivity index (χ0) is 21.3. The smallest absolute Gasteiger partial charge is 0.269 e. The molecular weight excluding hydrogens is 398 g/mol. The molecule has 0 unspecified atom stereocenters. The Morgan fingerprint density at radius 3 is 2.53 bits per heavy atom. The molecule has 1 aromatic heterocycles. The maximum Gasteiger partial charge on any atom is 0.269 e. The minimum Gasteiger partial charge on any atom is -0.493 e. The first-order chi connectivity index (χ1) is 14.7. The number of methoxy groups -OCH3 is 2. The number of ether oxygens (including phenoxy) is 3. The molecule has 6 heteroatoms. The van der Waals surface area contributed by atoms with Gasteiger partial charge < -0.3 is 14.2 Å². The Kier molecular flexibility index (Phi) is 7.65. The van der Waals surface area contributed by atoms with Gasteiger partial charge >= 0.3 is 0 Å². The highest BCUT2D eigenvalue weighted by atomic mass is 32.1. The van der Waals surface area contributed by atoms with Crippen molar-refractivity contribution in [2.75, 3.05) is 27.4 Å². The minimum atomic E-state index is -0.0369. The normalized spacial score (nSPS) is 12.2. The van der Waals surface area contributed by atoms with Gasteiger partial charge in [-0.1, -0.05) is 49.1 Å². The zero-order valence-corrected chi connectivity index (χ0v) is 18.0. The molecule has 1 heterocycles. The van der Waals surface area contributed by atoms with Gasteiger partial charge in [-0.15, -0.1) is 11.3 Å². The molecule has 3 rings (SSSR count). The SMILES string of the molecule is C=CCOc1ccc(/C=c2\s/c(=C\c3ccccc3)n(CCOC)c2=O)cc1OC. The average Bonchev–Trinajstić information content (AvgIpc) is 3.05. The first-order valence-electron chi connectivity index (χ1n) is 9.55. The van der Waals surface area contributed by atoms with E-state index in [0.29, 0.717) is 35.8 Å². The van der Waals surface area contributed by atoms with E-state index in [9.17, 15) is 4.79 Å². The largest absolute Gasteiger partial charge is 0.493 e. The predicted molar refractivity (Wildman–Crippen MR) is 122 cm³/mol. The molecule has 0 amide bonds. The van der Waals surface area contributed by atoms with Crippen LogP contribution in [0.5, 0.6) is 11.5 Å². The fourth-order valence-electron chi connectivity index (χ4n) is 2.92. The summed E-state index contributed by atoms with van der Waals surface area (Å²) in [6.07, 6.45) is 5.57. The molecule has 0 aliphatic carbocycles. The quantitative estimate of drug-likeness (QED) is 0.497. The fraction of sp³-hybridized carbons (Fsp3) is 0.208. The van der Waals surface area contributed by atoms with Crippen molar-refractivity contribution in [2.24, 2.45) is 0 Å². The summed E-state index contributed by atoms with van der Waals surface area (Å²) < 4.78 is 19.5. The summed E-state index contributed by atoms with van der Waals surface area (Å²) in [5.74, 6) is 1.24. The Morgan fingerprint density at radius 1 is 1.03 bits per heavy atom. The van der Waals surface area contributed by atoms with Crippen molar-refractivity contribution >= 4 is 23.5 Å². The molecular formula is C24H25NO4S. The standard InChI is InChI=1S/C24H25NO4S/c1-4-13-29-20-11-10-19(15-21(20)28-3)16-22-24(26)25(12-14-27-2)23(30-22)17-18-8-6-5-7-9-18/h4-11,15-17H,1,12-14H2,2-3H3/b22-16-,23-17-. The number of hydrogen-bond donors (Lipinski definition) is 0. The van der Waals surface area contributed by atoms with E-state index in [1.165, 1.54) is 11.3 Å². The first kappa shape index (κ1) is 21.6.